The summed E-state index contributed by atoms with van der Waals surface area (Å²) in [6.45, 7) is 1.51. The third kappa shape index (κ3) is 6.94. The number of hydrazone groups is 1. The molecule has 3 aromatic rings. The highest BCUT2D eigenvalue weighted by atomic mass is 35.5. The van der Waals surface area contributed by atoms with Crippen molar-refractivity contribution in [1.29, 1.82) is 0 Å². The Hall–Kier alpha value is -4.15. The first-order valence-corrected chi connectivity index (χ1v) is 11.1. The lowest BCUT2D eigenvalue weighted by Crippen LogP contribution is -2.20. The Morgan fingerprint density at radius 2 is 1.89 bits per heavy atom. The van der Waals surface area contributed by atoms with E-state index in [1.54, 1.807) is 24.3 Å². The predicted octanol–water partition coefficient (Wildman–Crippen LogP) is 5.00. The van der Waals surface area contributed by atoms with Crippen LogP contribution in [-0.4, -0.2) is 36.7 Å². The lowest BCUT2D eigenvalue weighted by molar-refractivity contribution is -0.384. The Balaban J connectivity index is 1.64. The first-order chi connectivity index (χ1) is 17.2. The second-order valence-electron chi connectivity index (χ2n) is 7.34. The summed E-state index contributed by atoms with van der Waals surface area (Å²) in [5, 5.41) is 18.1. The molecule has 0 saturated heterocycles. The van der Waals surface area contributed by atoms with Crippen LogP contribution in [0.3, 0.4) is 0 Å². The number of amides is 2. The topological polar surface area (TPSA) is 132 Å². The largest absolute Gasteiger partial charge is 0.493 e. The van der Waals surface area contributed by atoms with E-state index in [0.29, 0.717) is 16.3 Å². The van der Waals surface area contributed by atoms with Crippen molar-refractivity contribution in [2.24, 2.45) is 5.10 Å². The monoisotopic (exact) mass is 530 g/mol. The van der Waals surface area contributed by atoms with Crippen molar-refractivity contribution >= 4 is 52.6 Å². The number of carbonyl (C=O) groups excluding carboxylic acids is 2. The van der Waals surface area contributed by atoms with Gasteiger partial charge in [-0.2, -0.15) is 5.10 Å². The molecule has 2 amide bonds. The van der Waals surface area contributed by atoms with Crippen LogP contribution in [0.15, 0.2) is 59.7 Å². The molecule has 12 heteroatoms. The average molecular weight is 531 g/mol. The molecule has 0 radical (unpaired) electrons. The molecule has 2 N–H and O–H groups in total. The van der Waals surface area contributed by atoms with E-state index in [2.05, 4.69) is 15.8 Å². The number of benzene rings is 3. The van der Waals surface area contributed by atoms with Gasteiger partial charge in [0.25, 0.3) is 17.5 Å². The Morgan fingerprint density at radius 1 is 1.11 bits per heavy atom. The molecule has 0 aromatic heterocycles. The normalized spacial score (nSPS) is 10.7. The van der Waals surface area contributed by atoms with Crippen LogP contribution in [-0.2, 0) is 4.79 Å². The molecule has 0 aliphatic heterocycles. The van der Waals surface area contributed by atoms with E-state index in [0.717, 1.165) is 11.6 Å². The van der Waals surface area contributed by atoms with Crippen molar-refractivity contribution in [3.05, 3.63) is 91.4 Å². The zero-order valence-corrected chi connectivity index (χ0v) is 20.6. The van der Waals surface area contributed by atoms with Gasteiger partial charge in [0.05, 0.1) is 23.3 Å². The van der Waals surface area contributed by atoms with Gasteiger partial charge < -0.3 is 14.8 Å². The molecule has 0 atom stereocenters. The van der Waals surface area contributed by atoms with Crippen LogP contribution >= 0.6 is 23.2 Å². The lowest BCUT2D eigenvalue weighted by atomic mass is 10.2. The molecule has 10 nitrogen and oxygen atoms in total. The number of nitro groups is 1. The van der Waals surface area contributed by atoms with Gasteiger partial charge in [-0.25, -0.2) is 5.43 Å². The third-order valence-corrected chi connectivity index (χ3v) is 5.44. The maximum atomic E-state index is 12.3. The van der Waals surface area contributed by atoms with Crippen molar-refractivity contribution in [1.82, 2.24) is 5.43 Å². The van der Waals surface area contributed by atoms with Crippen LogP contribution in [0, 0.1) is 17.0 Å². The summed E-state index contributed by atoms with van der Waals surface area (Å²) < 4.78 is 10.9. The number of nitro benzene ring substituents is 1. The average Bonchev–Trinajstić information content (AvgIpc) is 2.85. The van der Waals surface area contributed by atoms with Crippen molar-refractivity contribution in [3.63, 3.8) is 0 Å². The van der Waals surface area contributed by atoms with Gasteiger partial charge in [-0.3, -0.25) is 19.7 Å². The summed E-state index contributed by atoms with van der Waals surface area (Å²) in [5.41, 5.74) is 4.02. The smallest absolute Gasteiger partial charge is 0.271 e. The van der Waals surface area contributed by atoms with Gasteiger partial charge in [0.1, 0.15) is 0 Å². The molecule has 0 bridgehead atoms. The maximum absolute atomic E-state index is 12.3. The van der Waals surface area contributed by atoms with Gasteiger partial charge in [0.2, 0.25) is 0 Å². The van der Waals surface area contributed by atoms with Crippen molar-refractivity contribution in [2.75, 3.05) is 19.0 Å². The number of methoxy groups -OCH3 is 1. The number of anilines is 1. The quantitative estimate of drug-likeness (QED) is 0.227. The van der Waals surface area contributed by atoms with E-state index in [-0.39, 0.29) is 34.4 Å². The summed E-state index contributed by atoms with van der Waals surface area (Å²) in [6.07, 6.45) is 1.31. The maximum Gasteiger partial charge on any atom is 0.271 e. The second kappa shape index (κ2) is 12.0. The second-order valence-corrected chi connectivity index (χ2v) is 8.16. The fourth-order valence-electron chi connectivity index (χ4n) is 2.95. The Kier molecular flexibility index (Phi) is 8.82. The predicted molar refractivity (Wildman–Crippen MR) is 136 cm³/mol. The minimum Gasteiger partial charge on any atom is -0.493 e. The zero-order valence-electron chi connectivity index (χ0n) is 19.1. The van der Waals surface area contributed by atoms with Gasteiger partial charge in [0, 0.05) is 28.4 Å². The third-order valence-electron chi connectivity index (χ3n) is 4.75. The molecule has 0 unspecified atom stereocenters. The number of halogens is 2. The molecule has 186 valence electrons. The van der Waals surface area contributed by atoms with Gasteiger partial charge in [-0.05, 0) is 48.4 Å². The van der Waals surface area contributed by atoms with Gasteiger partial charge >= 0.3 is 0 Å². The van der Waals surface area contributed by atoms with E-state index < -0.39 is 16.7 Å². The van der Waals surface area contributed by atoms with E-state index in [4.69, 9.17) is 32.7 Å². The van der Waals surface area contributed by atoms with Crippen LogP contribution in [0.4, 0.5) is 11.4 Å². The summed E-state index contributed by atoms with van der Waals surface area (Å²) in [5.74, 6) is -0.675. The van der Waals surface area contributed by atoms with Crippen molar-refractivity contribution in [3.8, 4) is 11.5 Å². The zero-order chi connectivity index (χ0) is 26.2. The summed E-state index contributed by atoms with van der Waals surface area (Å²) in [4.78, 5) is 34.8. The molecule has 0 saturated carbocycles. The SMILES string of the molecule is COc1cc(/C=N/NC(=O)c2cccc([N+](=O)[O-])c2)cc(Cl)c1OCC(=O)Nc1ccc(C)c(Cl)c1. The number of non-ortho nitro benzene ring substituents is 1. The summed E-state index contributed by atoms with van der Waals surface area (Å²) in [6, 6.07) is 13.4. The van der Waals surface area contributed by atoms with Crippen LogP contribution in [0.25, 0.3) is 0 Å². The van der Waals surface area contributed by atoms with E-state index in [1.807, 2.05) is 6.92 Å². The molecule has 3 aromatic carbocycles. The number of carbonyl (C=O) groups is 2. The fourth-order valence-corrected chi connectivity index (χ4v) is 3.40. The number of hydrogen-bond acceptors (Lipinski definition) is 7. The van der Waals surface area contributed by atoms with Crippen LogP contribution in [0.1, 0.15) is 21.5 Å². The van der Waals surface area contributed by atoms with Crippen LogP contribution in [0.2, 0.25) is 10.0 Å². The van der Waals surface area contributed by atoms with E-state index >= 15 is 0 Å². The molecule has 36 heavy (non-hydrogen) atoms. The Bertz CT molecular complexity index is 1350. The fraction of sp³-hybridized carbons (Fsp3) is 0.125. The van der Waals surface area contributed by atoms with Crippen molar-refractivity contribution < 1.29 is 24.0 Å². The van der Waals surface area contributed by atoms with Gasteiger partial charge in [-0.15, -0.1) is 0 Å². The van der Waals surface area contributed by atoms with Gasteiger partial charge in [0.15, 0.2) is 18.1 Å². The molecular formula is C24H20Cl2N4O6. The first kappa shape index (κ1) is 26.5. The standard InChI is InChI=1S/C24H20Cl2N4O6/c1-14-6-7-17(11-19(14)25)28-22(31)13-36-23-20(26)8-15(9-21(23)35-2)12-27-29-24(32)16-4-3-5-18(10-16)30(33)34/h3-12H,13H2,1-2H3,(H,28,31)(H,29,32)/b27-12+. The van der Waals surface area contributed by atoms with E-state index in [9.17, 15) is 19.7 Å². The molecule has 3 rings (SSSR count). The summed E-state index contributed by atoms with van der Waals surface area (Å²) in [7, 11) is 1.40. The van der Waals surface area contributed by atoms with Crippen molar-refractivity contribution in [2.45, 2.75) is 6.92 Å². The first-order valence-electron chi connectivity index (χ1n) is 10.3. The molecule has 0 spiro atoms. The number of aryl methyl sites for hydroxylation is 1. The Labute approximate surface area is 216 Å². The number of nitrogens with one attached hydrogen (secondary N) is 2. The Morgan fingerprint density at radius 3 is 2.58 bits per heavy atom. The molecule has 0 aliphatic carbocycles. The number of nitrogens with zero attached hydrogens (tertiary/aromatic N) is 2. The number of rotatable bonds is 9. The molecular weight excluding hydrogens is 511 g/mol. The van der Waals surface area contributed by atoms with Crippen LogP contribution < -0.4 is 20.2 Å². The van der Waals surface area contributed by atoms with Crippen LogP contribution in [0.5, 0.6) is 11.5 Å². The molecule has 0 heterocycles. The minimum atomic E-state index is -0.631. The summed E-state index contributed by atoms with van der Waals surface area (Å²) >= 11 is 12.4. The van der Waals surface area contributed by atoms with E-state index in [1.165, 1.54) is 37.6 Å². The number of hydrogen-bond donors (Lipinski definition) is 2. The molecule has 0 fully saturated rings. The number of ether oxygens (including phenoxy) is 2. The lowest BCUT2D eigenvalue weighted by Gasteiger charge is -2.13. The highest BCUT2D eigenvalue weighted by Crippen LogP contribution is 2.36. The minimum absolute atomic E-state index is 0.0758. The molecule has 0 aliphatic rings. The highest BCUT2D eigenvalue weighted by molar-refractivity contribution is 6.32. The van der Waals surface area contributed by atoms with Gasteiger partial charge in [-0.1, -0.05) is 35.3 Å². The highest BCUT2D eigenvalue weighted by Gasteiger charge is 2.15.